The summed E-state index contributed by atoms with van der Waals surface area (Å²) in [5.41, 5.74) is 0.607. The van der Waals surface area contributed by atoms with Crippen LogP contribution in [0.4, 0.5) is 9.18 Å². The van der Waals surface area contributed by atoms with Crippen LogP contribution in [0.5, 0.6) is 0 Å². The minimum absolute atomic E-state index is 0.0247. The van der Waals surface area contributed by atoms with Crippen molar-refractivity contribution in [1.82, 2.24) is 9.80 Å². The fourth-order valence-electron chi connectivity index (χ4n) is 4.53. The number of nitrogens with zero attached hydrogens (tertiary/aromatic N) is 3. The van der Waals surface area contributed by atoms with E-state index < -0.39 is 29.8 Å². The van der Waals surface area contributed by atoms with Crippen LogP contribution >= 0.6 is 0 Å². The fraction of sp³-hybridized carbons (Fsp3) is 0.625. The van der Waals surface area contributed by atoms with Gasteiger partial charge in [-0.05, 0) is 57.9 Å². The summed E-state index contributed by atoms with van der Waals surface area (Å²) in [6, 6.07) is 11.4. The maximum absolute atomic E-state index is 13.8. The number of hydrogen-bond acceptors (Lipinski definition) is 4. The van der Waals surface area contributed by atoms with Crippen molar-refractivity contribution in [2.45, 2.75) is 82.6 Å². The SMILES string of the molecule is CC(C)(C)OC(=O)N(CC(=O)N1C[C@@H](F)C[C@H]1C#N)C1CCC(c2ccccc2)CC1. The summed E-state index contributed by atoms with van der Waals surface area (Å²) in [6.07, 6.45) is 1.65. The summed E-state index contributed by atoms with van der Waals surface area (Å²) in [5, 5.41) is 9.27. The van der Waals surface area contributed by atoms with E-state index >= 15 is 0 Å². The van der Waals surface area contributed by atoms with Gasteiger partial charge in [0, 0.05) is 12.5 Å². The summed E-state index contributed by atoms with van der Waals surface area (Å²) < 4.78 is 19.4. The molecule has 3 rings (SSSR count). The van der Waals surface area contributed by atoms with E-state index in [1.54, 1.807) is 20.8 Å². The average molecular weight is 430 g/mol. The van der Waals surface area contributed by atoms with Gasteiger partial charge < -0.3 is 9.64 Å². The van der Waals surface area contributed by atoms with Crippen molar-refractivity contribution >= 4 is 12.0 Å². The van der Waals surface area contributed by atoms with Crippen LogP contribution < -0.4 is 0 Å². The lowest BCUT2D eigenvalue weighted by atomic mass is 9.81. The molecule has 1 heterocycles. The van der Waals surface area contributed by atoms with Crippen LogP contribution in [0.25, 0.3) is 0 Å². The molecule has 6 nitrogen and oxygen atoms in total. The molecule has 7 heteroatoms. The van der Waals surface area contributed by atoms with E-state index in [9.17, 15) is 19.2 Å². The predicted octanol–water partition coefficient (Wildman–Crippen LogP) is 4.41. The first-order valence-corrected chi connectivity index (χ1v) is 11.1. The molecule has 0 unspecified atom stereocenters. The van der Waals surface area contributed by atoms with Gasteiger partial charge in [-0.2, -0.15) is 5.26 Å². The van der Waals surface area contributed by atoms with Crippen molar-refractivity contribution in [3.05, 3.63) is 35.9 Å². The molecule has 2 fully saturated rings. The zero-order chi connectivity index (χ0) is 22.6. The normalized spacial score (nSPS) is 26.2. The topological polar surface area (TPSA) is 73.6 Å². The molecule has 0 bridgehead atoms. The lowest BCUT2D eigenvalue weighted by Crippen LogP contribution is -2.50. The van der Waals surface area contributed by atoms with Crippen molar-refractivity contribution in [2.75, 3.05) is 13.1 Å². The van der Waals surface area contributed by atoms with E-state index in [0.717, 1.165) is 25.7 Å². The molecular formula is C24H32FN3O3. The number of nitriles is 1. The molecule has 1 aromatic rings. The van der Waals surface area contributed by atoms with Gasteiger partial charge in [-0.1, -0.05) is 30.3 Å². The molecule has 2 aliphatic rings. The number of ether oxygens (including phenoxy) is 1. The summed E-state index contributed by atoms with van der Waals surface area (Å²) in [5.74, 6) is 0.0326. The molecule has 1 aromatic carbocycles. The zero-order valence-corrected chi connectivity index (χ0v) is 18.6. The largest absolute Gasteiger partial charge is 0.444 e. The third kappa shape index (κ3) is 5.96. The number of carbonyl (C=O) groups excluding carboxylic acids is 2. The van der Waals surface area contributed by atoms with Gasteiger partial charge in [-0.25, -0.2) is 9.18 Å². The number of benzene rings is 1. The van der Waals surface area contributed by atoms with Crippen LogP contribution in [-0.4, -0.2) is 58.7 Å². The molecule has 2 atom stereocenters. The summed E-state index contributed by atoms with van der Waals surface area (Å²) in [6.45, 7) is 5.08. The fourth-order valence-corrected chi connectivity index (χ4v) is 4.53. The Kier molecular flexibility index (Phi) is 7.19. The van der Waals surface area contributed by atoms with Crippen molar-refractivity contribution in [3.63, 3.8) is 0 Å². The first kappa shape index (κ1) is 23.1. The van der Waals surface area contributed by atoms with Gasteiger partial charge in [0.25, 0.3) is 0 Å². The number of amides is 2. The van der Waals surface area contributed by atoms with Crippen molar-refractivity contribution < 1.29 is 18.7 Å². The average Bonchev–Trinajstić information content (AvgIpc) is 3.12. The Morgan fingerprint density at radius 2 is 1.84 bits per heavy atom. The third-order valence-electron chi connectivity index (χ3n) is 6.06. The van der Waals surface area contributed by atoms with E-state index in [4.69, 9.17) is 4.74 Å². The molecule has 2 amide bonds. The molecule has 168 valence electrons. The van der Waals surface area contributed by atoms with Gasteiger partial charge >= 0.3 is 6.09 Å². The van der Waals surface area contributed by atoms with E-state index in [0.29, 0.717) is 5.92 Å². The lowest BCUT2D eigenvalue weighted by molar-refractivity contribution is -0.133. The number of hydrogen-bond donors (Lipinski definition) is 0. The molecule has 1 saturated heterocycles. The van der Waals surface area contributed by atoms with Gasteiger partial charge in [0.1, 0.15) is 24.4 Å². The van der Waals surface area contributed by atoms with Gasteiger partial charge in [0.05, 0.1) is 12.6 Å². The summed E-state index contributed by atoms with van der Waals surface area (Å²) in [7, 11) is 0. The number of likely N-dealkylation sites (tertiary alicyclic amines) is 1. The Bertz CT molecular complexity index is 810. The van der Waals surface area contributed by atoms with Gasteiger partial charge in [0.15, 0.2) is 0 Å². The van der Waals surface area contributed by atoms with Crippen molar-refractivity contribution in [1.29, 1.82) is 5.26 Å². The maximum atomic E-state index is 13.8. The van der Waals surface area contributed by atoms with E-state index in [1.165, 1.54) is 15.4 Å². The van der Waals surface area contributed by atoms with Crippen LogP contribution in [-0.2, 0) is 9.53 Å². The highest BCUT2D eigenvalue weighted by Crippen LogP contribution is 2.35. The van der Waals surface area contributed by atoms with Crippen LogP contribution in [0.15, 0.2) is 30.3 Å². The predicted molar refractivity (Wildman–Crippen MR) is 115 cm³/mol. The minimum Gasteiger partial charge on any atom is -0.444 e. The second kappa shape index (κ2) is 9.67. The summed E-state index contributed by atoms with van der Waals surface area (Å²) >= 11 is 0. The molecule has 0 spiro atoms. The summed E-state index contributed by atoms with van der Waals surface area (Å²) in [4.78, 5) is 28.7. The van der Waals surface area contributed by atoms with Crippen LogP contribution in [0.1, 0.15) is 64.4 Å². The molecule has 1 saturated carbocycles. The maximum Gasteiger partial charge on any atom is 0.411 e. The smallest absolute Gasteiger partial charge is 0.411 e. The standard InChI is InChI=1S/C24H32FN3O3/c1-24(2,3)31-23(30)28(16-22(29)27-15-19(25)13-21(27)14-26)20-11-9-18(10-12-20)17-7-5-4-6-8-17/h4-8,18-21H,9-13,15-16H2,1-3H3/t18?,19-,20?,21-/m0/s1. The van der Waals surface area contributed by atoms with Crippen molar-refractivity contribution in [2.24, 2.45) is 0 Å². The highest BCUT2D eigenvalue weighted by Gasteiger charge is 2.39. The van der Waals surface area contributed by atoms with Crippen LogP contribution in [0, 0.1) is 11.3 Å². The quantitative estimate of drug-likeness (QED) is 0.711. The number of carbonyl (C=O) groups is 2. The highest BCUT2D eigenvalue weighted by atomic mass is 19.1. The Labute approximate surface area is 184 Å². The van der Waals surface area contributed by atoms with Crippen molar-refractivity contribution in [3.8, 4) is 6.07 Å². The molecule has 1 aliphatic carbocycles. The molecular weight excluding hydrogens is 397 g/mol. The molecule has 1 aliphatic heterocycles. The first-order valence-electron chi connectivity index (χ1n) is 11.1. The number of halogens is 1. The lowest BCUT2D eigenvalue weighted by Gasteiger charge is -2.38. The molecule has 0 N–H and O–H groups in total. The second-order valence-electron chi connectivity index (χ2n) is 9.55. The minimum atomic E-state index is -1.20. The van der Waals surface area contributed by atoms with Gasteiger partial charge in [0.2, 0.25) is 5.91 Å². The van der Waals surface area contributed by atoms with Crippen LogP contribution in [0.3, 0.4) is 0 Å². The van der Waals surface area contributed by atoms with E-state index in [2.05, 4.69) is 12.1 Å². The number of alkyl halides is 1. The number of rotatable bonds is 4. The van der Waals surface area contributed by atoms with Crippen LogP contribution in [0.2, 0.25) is 0 Å². The monoisotopic (exact) mass is 429 g/mol. The second-order valence-corrected chi connectivity index (χ2v) is 9.55. The highest BCUT2D eigenvalue weighted by molar-refractivity contribution is 5.83. The Morgan fingerprint density at radius 3 is 2.42 bits per heavy atom. The molecule has 0 radical (unpaired) electrons. The Morgan fingerprint density at radius 1 is 1.19 bits per heavy atom. The zero-order valence-electron chi connectivity index (χ0n) is 18.6. The Hall–Kier alpha value is -2.62. The molecule has 0 aromatic heterocycles. The van der Waals surface area contributed by atoms with E-state index in [-0.39, 0.29) is 25.6 Å². The van der Waals surface area contributed by atoms with Gasteiger partial charge in [-0.15, -0.1) is 0 Å². The third-order valence-corrected chi connectivity index (χ3v) is 6.06. The van der Waals surface area contributed by atoms with Gasteiger partial charge in [-0.3, -0.25) is 9.69 Å². The van der Waals surface area contributed by atoms with E-state index in [1.807, 2.05) is 24.3 Å². The first-order chi connectivity index (χ1) is 14.7. The Balaban J connectivity index is 1.70. The molecule has 31 heavy (non-hydrogen) atoms.